The molecule has 0 aliphatic rings. The molecule has 0 atom stereocenters. The van der Waals surface area contributed by atoms with Crippen molar-refractivity contribution in [3.05, 3.63) is 62.7 Å². The maximum Gasteiger partial charge on any atom is 0.310 e. The number of aromatic nitrogens is 3. The third kappa shape index (κ3) is 3.92. The molecule has 0 aliphatic carbocycles. The third-order valence-electron chi connectivity index (χ3n) is 3.96. The van der Waals surface area contributed by atoms with Gasteiger partial charge in [-0.25, -0.2) is 4.68 Å². The molecule has 0 saturated heterocycles. The number of hydrogen-bond acceptors (Lipinski definition) is 5. The van der Waals surface area contributed by atoms with Crippen LogP contribution in [-0.4, -0.2) is 20.9 Å². The van der Waals surface area contributed by atoms with Crippen molar-refractivity contribution < 1.29 is 14.1 Å². The van der Waals surface area contributed by atoms with Crippen molar-refractivity contribution in [2.75, 3.05) is 0 Å². The quantitative estimate of drug-likeness (QED) is 0.601. The average molecular weight is 394 g/mol. The first-order valence-electron chi connectivity index (χ1n) is 7.93. The highest BCUT2D eigenvalue weighted by atomic mass is 35.5. The molecule has 0 aliphatic heterocycles. The summed E-state index contributed by atoms with van der Waals surface area (Å²) in [6.45, 7) is 5.60. The van der Waals surface area contributed by atoms with E-state index < -0.39 is 0 Å². The summed E-state index contributed by atoms with van der Waals surface area (Å²) < 4.78 is 12.0. The van der Waals surface area contributed by atoms with Crippen molar-refractivity contribution >= 4 is 29.2 Å². The largest absolute Gasteiger partial charge is 0.457 e. The van der Waals surface area contributed by atoms with Crippen LogP contribution >= 0.6 is 23.2 Å². The standard InChI is InChI=1S/C18H17Cl2N3O3/c1-10-6-14(26-22-10)9-25-18(24)8-15-11(2)21-23(12(15)3)13-4-5-16(19)17(20)7-13/h4-7H,8-9H2,1-3H3. The highest BCUT2D eigenvalue weighted by Crippen LogP contribution is 2.26. The molecule has 2 aromatic heterocycles. The normalized spacial score (nSPS) is 11.0. The second kappa shape index (κ2) is 7.51. The van der Waals surface area contributed by atoms with Gasteiger partial charge in [-0.1, -0.05) is 28.4 Å². The Morgan fingerprint density at radius 3 is 2.62 bits per heavy atom. The number of aryl methyl sites for hydroxylation is 2. The Morgan fingerprint density at radius 2 is 1.96 bits per heavy atom. The van der Waals surface area contributed by atoms with E-state index in [9.17, 15) is 4.79 Å². The topological polar surface area (TPSA) is 70.2 Å². The zero-order chi connectivity index (χ0) is 18.8. The summed E-state index contributed by atoms with van der Waals surface area (Å²) in [6.07, 6.45) is 0.117. The zero-order valence-corrected chi connectivity index (χ0v) is 16.1. The highest BCUT2D eigenvalue weighted by molar-refractivity contribution is 6.42. The number of esters is 1. The van der Waals surface area contributed by atoms with E-state index in [4.69, 9.17) is 32.5 Å². The molecule has 8 heteroatoms. The van der Waals surface area contributed by atoms with Gasteiger partial charge in [0, 0.05) is 17.3 Å². The predicted molar refractivity (Wildman–Crippen MR) is 97.8 cm³/mol. The van der Waals surface area contributed by atoms with Crippen LogP contribution in [0.15, 0.2) is 28.8 Å². The van der Waals surface area contributed by atoms with E-state index in [0.29, 0.717) is 15.8 Å². The first-order valence-corrected chi connectivity index (χ1v) is 8.69. The number of hydrogen-bond donors (Lipinski definition) is 0. The zero-order valence-electron chi connectivity index (χ0n) is 14.5. The van der Waals surface area contributed by atoms with Crippen molar-refractivity contribution in [2.24, 2.45) is 0 Å². The van der Waals surface area contributed by atoms with Gasteiger partial charge in [-0.05, 0) is 39.0 Å². The first-order chi connectivity index (χ1) is 12.3. The second-order valence-corrected chi connectivity index (χ2v) is 6.75. The molecule has 0 spiro atoms. The summed E-state index contributed by atoms with van der Waals surface area (Å²) >= 11 is 12.1. The number of rotatable bonds is 5. The van der Waals surface area contributed by atoms with Crippen LogP contribution in [0.5, 0.6) is 0 Å². The van der Waals surface area contributed by atoms with Crippen molar-refractivity contribution in [2.45, 2.75) is 33.8 Å². The highest BCUT2D eigenvalue weighted by Gasteiger charge is 2.17. The lowest BCUT2D eigenvalue weighted by molar-refractivity contribution is -0.144. The Hall–Kier alpha value is -2.31. The number of ether oxygens (including phenoxy) is 1. The molecule has 0 amide bonds. The molecule has 0 unspecified atom stereocenters. The van der Waals surface area contributed by atoms with Gasteiger partial charge in [0.15, 0.2) is 12.4 Å². The summed E-state index contributed by atoms with van der Waals surface area (Å²) in [5.74, 6) is 0.148. The molecule has 3 rings (SSSR count). The molecule has 0 fully saturated rings. The van der Waals surface area contributed by atoms with E-state index in [1.165, 1.54) is 0 Å². The number of carbonyl (C=O) groups is 1. The Labute approximate surface area is 160 Å². The van der Waals surface area contributed by atoms with Crippen LogP contribution in [0, 0.1) is 20.8 Å². The van der Waals surface area contributed by atoms with Crippen molar-refractivity contribution in [3.8, 4) is 5.69 Å². The minimum Gasteiger partial charge on any atom is -0.457 e. The Kier molecular flexibility index (Phi) is 5.34. The Bertz CT molecular complexity index is 963. The van der Waals surface area contributed by atoms with Gasteiger partial charge >= 0.3 is 5.97 Å². The van der Waals surface area contributed by atoms with Crippen molar-refractivity contribution in [1.29, 1.82) is 0 Å². The number of nitrogens with zero attached hydrogens (tertiary/aromatic N) is 3. The fourth-order valence-electron chi connectivity index (χ4n) is 2.63. The van der Waals surface area contributed by atoms with E-state index >= 15 is 0 Å². The molecule has 6 nitrogen and oxygen atoms in total. The van der Waals surface area contributed by atoms with Crippen LogP contribution < -0.4 is 0 Å². The molecular weight excluding hydrogens is 377 g/mol. The van der Waals surface area contributed by atoms with Gasteiger partial charge in [0.2, 0.25) is 0 Å². The van der Waals surface area contributed by atoms with E-state index in [1.807, 2.05) is 19.9 Å². The minimum atomic E-state index is -0.362. The summed E-state index contributed by atoms with van der Waals surface area (Å²) in [5, 5.41) is 9.18. The smallest absolute Gasteiger partial charge is 0.310 e. The predicted octanol–water partition coefficient (Wildman–Crippen LogP) is 4.38. The van der Waals surface area contributed by atoms with E-state index in [0.717, 1.165) is 28.3 Å². The van der Waals surface area contributed by atoms with Gasteiger partial charge in [-0.2, -0.15) is 5.10 Å². The molecule has 136 valence electrons. The van der Waals surface area contributed by atoms with Crippen LogP contribution in [0.3, 0.4) is 0 Å². The maximum absolute atomic E-state index is 12.2. The Morgan fingerprint density at radius 1 is 1.19 bits per heavy atom. The third-order valence-corrected chi connectivity index (χ3v) is 4.70. The molecule has 1 aromatic carbocycles. The average Bonchev–Trinajstić information content (AvgIpc) is 3.13. The van der Waals surface area contributed by atoms with E-state index in [-0.39, 0.29) is 19.0 Å². The van der Waals surface area contributed by atoms with E-state index in [1.54, 1.807) is 29.8 Å². The molecule has 0 N–H and O–H groups in total. The lowest BCUT2D eigenvalue weighted by atomic mass is 10.1. The molecule has 0 saturated carbocycles. The summed E-state index contributed by atoms with van der Waals surface area (Å²) in [4.78, 5) is 12.2. The first kappa shape index (κ1) is 18.5. The van der Waals surface area contributed by atoms with Gasteiger partial charge in [-0.3, -0.25) is 4.79 Å². The van der Waals surface area contributed by atoms with Gasteiger partial charge in [0.05, 0.1) is 33.5 Å². The summed E-state index contributed by atoms with van der Waals surface area (Å²) in [5.41, 5.74) is 3.92. The number of benzene rings is 1. The van der Waals surface area contributed by atoms with Crippen LogP contribution in [0.4, 0.5) is 0 Å². The van der Waals surface area contributed by atoms with Crippen LogP contribution in [0.25, 0.3) is 5.69 Å². The van der Waals surface area contributed by atoms with Crippen LogP contribution in [-0.2, 0) is 22.6 Å². The van der Waals surface area contributed by atoms with E-state index in [2.05, 4.69) is 10.3 Å². The molecule has 3 aromatic rings. The molecule has 2 heterocycles. The van der Waals surface area contributed by atoms with Gasteiger partial charge < -0.3 is 9.26 Å². The summed E-state index contributed by atoms with van der Waals surface area (Å²) in [7, 11) is 0. The SMILES string of the molecule is Cc1cc(COC(=O)Cc2c(C)nn(-c3ccc(Cl)c(Cl)c3)c2C)on1. The van der Waals surface area contributed by atoms with Crippen molar-refractivity contribution in [1.82, 2.24) is 14.9 Å². The van der Waals surface area contributed by atoms with Gasteiger partial charge in [0.25, 0.3) is 0 Å². The molecule has 0 bridgehead atoms. The van der Waals surface area contributed by atoms with Gasteiger partial charge in [-0.15, -0.1) is 0 Å². The molecule has 26 heavy (non-hydrogen) atoms. The fourth-order valence-corrected chi connectivity index (χ4v) is 2.92. The number of halogens is 2. The minimum absolute atomic E-state index is 0.0543. The number of carbonyl (C=O) groups excluding carboxylic acids is 1. The van der Waals surface area contributed by atoms with Crippen LogP contribution in [0.2, 0.25) is 10.0 Å². The molecule has 0 radical (unpaired) electrons. The summed E-state index contributed by atoms with van der Waals surface area (Å²) in [6, 6.07) is 6.99. The van der Waals surface area contributed by atoms with Crippen molar-refractivity contribution in [3.63, 3.8) is 0 Å². The van der Waals surface area contributed by atoms with Gasteiger partial charge in [0.1, 0.15) is 0 Å². The Balaban J connectivity index is 1.75. The molecular formula is C18H17Cl2N3O3. The maximum atomic E-state index is 12.2. The van der Waals surface area contributed by atoms with Crippen LogP contribution in [0.1, 0.15) is 28.4 Å². The fraction of sp³-hybridized carbons (Fsp3) is 0.278. The lowest BCUT2D eigenvalue weighted by Gasteiger charge is -2.07. The second-order valence-electron chi connectivity index (χ2n) is 5.93. The monoisotopic (exact) mass is 393 g/mol. The lowest BCUT2D eigenvalue weighted by Crippen LogP contribution is -2.09.